The quantitative estimate of drug-likeness (QED) is 0.352. The van der Waals surface area contributed by atoms with Gasteiger partial charge in [0.15, 0.2) is 0 Å². The zero-order valence-electron chi connectivity index (χ0n) is 14.7. The van der Waals surface area contributed by atoms with Crippen molar-refractivity contribution in [2.75, 3.05) is 26.2 Å². The van der Waals surface area contributed by atoms with Crippen LogP contribution in [0.4, 0.5) is 0 Å². The largest absolute Gasteiger partial charge is 0.360 e. The fraction of sp³-hybridized carbons (Fsp3) is 0.474. The maximum absolute atomic E-state index is 12.3. The van der Waals surface area contributed by atoms with Crippen LogP contribution in [0.1, 0.15) is 43.5 Å². The van der Waals surface area contributed by atoms with E-state index < -0.39 is 11.7 Å². The van der Waals surface area contributed by atoms with E-state index in [1.54, 1.807) is 11.1 Å². The van der Waals surface area contributed by atoms with Gasteiger partial charge in [0.05, 0.1) is 25.2 Å². The number of amides is 1. The number of carbonyl (C=O) groups excluding carboxylic acids is 2. The normalized spacial score (nSPS) is 11.1. The fourth-order valence-corrected chi connectivity index (χ4v) is 3.08. The molecule has 0 radical (unpaired) electrons. The number of hydrogen-bond donors (Lipinski definition) is 3. The van der Waals surface area contributed by atoms with Crippen molar-refractivity contribution in [3.63, 3.8) is 0 Å². The topological polar surface area (TPSA) is 66.4 Å². The van der Waals surface area contributed by atoms with Crippen LogP contribution in [0.3, 0.4) is 0 Å². The Balaban J connectivity index is 1.83. The number of aromatic amines is 1. The summed E-state index contributed by atoms with van der Waals surface area (Å²) < 4.78 is 0. The van der Waals surface area contributed by atoms with Crippen molar-refractivity contribution < 1.29 is 14.5 Å². The Morgan fingerprint density at radius 2 is 1.79 bits per heavy atom. The number of aromatic nitrogens is 1. The van der Waals surface area contributed by atoms with Gasteiger partial charge in [-0.1, -0.05) is 32.0 Å². The van der Waals surface area contributed by atoms with Crippen LogP contribution in [0.15, 0.2) is 30.5 Å². The molecule has 0 aliphatic heterocycles. The molecule has 0 aliphatic carbocycles. The van der Waals surface area contributed by atoms with E-state index in [0.717, 1.165) is 37.0 Å². The van der Waals surface area contributed by atoms with Gasteiger partial charge in [0, 0.05) is 30.1 Å². The third kappa shape index (κ3) is 4.68. The summed E-state index contributed by atoms with van der Waals surface area (Å²) in [5, 5.41) is 3.55. The van der Waals surface area contributed by atoms with Crippen LogP contribution in [0.25, 0.3) is 10.9 Å². The smallest absolute Gasteiger partial charge is 0.292 e. The predicted octanol–water partition coefficient (Wildman–Crippen LogP) is 1.56. The van der Waals surface area contributed by atoms with Gasteiger partial charge in [-0.05, 0) is 18.9 Å². The third-order valence-corrected chi connectivity index (χ3v) is 4.24. The molecule has 5 nitrogen and oxygen atoms in total. The van der Waals surface area contributed by atoms with Gasteiger partial charge in [-0.3, -0.25) is 9.59 Å². The predicted molar refractivity (Wildman–Crippen MR) is 96.4 cm³/mol. The molecule has 3 N–H and O–H groups in total. The zero-order valence-corrected chi connectivity index (χ0v) is 14.7. The van der Waals surface area contributed by atoms with E-state index in [4.69, 9.17) is 0 Å². The van der Waals surface area contributed by atoms with Crippen molar-refractivity contribution in [3.8, 4) is 0 Å². The molecule has 1 amide bonds. The summed E-state index contributed by atoms with van der Waals surface area (Å²) >= 11 is 0. The summed E-state index contributed by atoms with van der Waals surface area (Å²) in [6.45, 7) is 8.29. The molecule has 0 atom stereocenters. The molecule has 1 aromatic carbocycles. The van der Waals surface area contributed by atoms with E-state index in [1.807, 2.05) is 24.3 Å². The fourth-order valence-electron chi connectivity index (χ4n) is 3.08. The number of hydrogen-bond acceptors (Lipinski definition) is 2. The molecule has 0 saturated carbocycles. The van der Waals surface area contributed by atoms with Crippen molar-refractivity contribution in [1.29, 1.82) is 0 Å². The number of H-pyrrole nitrogens is 1. The SMILES string of the molecule is CCC[NH+](CCC)CCCNC(=O)C(=O)c1c[nH]c2ccccc12. The standard InChI is InChI=1S/C19H27N3O2/c1-3-11-22(12-4-2)13-7-10-20-19(24)18(23)16-14-21-17-9-6-5-8-15(16)17/h5-6,8-9,14,21H,3-4,7,10-13H2,1-2H3,(H,20,24)/p+1. The molecular formula is C19H28N3O2+. The molecule has 0 aliphatic rings. The van der Waals surface area contributed by atoms with Crippen molar-refractivity contribution in [2.45, 2.75) is 33.1 Å². The van der Waals surface area contributed by atoms with E-state index in [0.29, 0.717) is 12.1 Å². The molecule has 130 valence electrons. The Hall–Kier alpha value is -2.14. The summed E-state index contributed by atoms with van der Waals surface area (Å²) in [7, 11) is 0. The lowest BCUT2D eigenvalue weighted by atomic mass is 10.1. The highest BCUT2D eigenvalue weighted by Gasteiger charge is 2.19. The lowest BCUT2D eigenvalue weighted by Crippen LogP contribution is -3.12. The van der Waals surface area contributed by atoms with E-state index in [-0.39, 0.29) is 0 Å². The molecule has 0 fully saturated rings. The van der Waals surface area contributed by atoms with Gasteiger partial charge >= 0.3 is 0 Å². The molecule has 0 bridgehead atoms. The number of ketones is 1. The van der Waals surface area contributed by atoms with Crippen LogP contribution >= 0.6 is 0 Å². The number of fused-ring (bicyclic) bond motifs is 1. The van der Waals surface area contributed by atoms with Gasteiger partial charge < -0.3 is 15.2 Å². The van der Waals surface area contributed by atoms with Crippen LogP contribution in [0.2, 0.25) is 0 Å². The number of carbonyl (C=O) groups is 2. The molecule has 0 spiro atoms. The molecule has 2 aromatic rings. The van der Waals surface area contributed by atoms with Gasteiger partial charge in [0.25, 0.3) is 11.7 Å². The van der Waals surface area contributed by atoms with Crippen molar-refractivity contribution in [2.24, 2.45) is 0 Å². The van der Waals surface area contributed by atoms with Crippen LogP contribution in [-0.4, -0.2) is 42.9 Å². The highest BCUT2D eigenvalue weighted by molar-refractivity contribution is 6.44. The average molecular weight is 330 g/mol. The Morgan fingerprint density at radius 1 is 1.08 bits per heavy atom. The molecule has 1 aromatic heterocycles. The Kier molecular flexibility index (Phi) is 7.00. The summed E-state index contributed by atoms with van der Waals surface area (Å²) in [5.41, 5.74) is 1.30. The lowest BCUT2D eigenvalue weighted by Gasteiger charge is -2.18. The van der Waals surface area contributed by atoms with E-state index in [9.17, 15) is 9.59 Å². The Morgan fingerprint density at radius 3 is 2.50 bits per heavy atom. The monoisotopic (exact) mass is 330 g/mol. The summed E-state index contributed by atoms with van der Waals surface area (Å²) in [6.07, 6.45) is 4.84. The second-order valence-corrected chi connectivity index (χ2v) is 6.19. The number of quaternary nitrogens is 1. The Bertz CT molecular complexity index is 672. The molecular weight excluding hydrogens is 302 g/mol. The van der Waals surface area contributed by atoms with Crippen LogP contribution in [0.5, 0.6) is 0 Å². The minimum atomic E-state index is -0.521. The maximum Gasteiger partial charge on any atom is 0.292 e. The van der Waals surface area contributed by atoms with Crippen LogP contribution in [-0.2, 0) is 4.79 Å². The number of nitrogens with one attached hydrogen (secondary N) is 3. The number of Topliss-reactive ketones (excluding diaryl/α,β-unsaturated/α-hetero) is 1. The van der Waals surface area contributed by atoms with Gasteiger partial charge in [0.1, 0.15) is 0 Å². The van der Waals surface area contributed by atoms with E-state index in [2.05, 4.69) is 24.1 Å². The minimum absolute atomic E-state index is 0.437. The molecule has 2 rings (SSSR count). The third-order valence-electron chi connectivity index (χ3n) is 4.24. The molecule has 1 heterocycles. The van der Waals surface area contributed by atoms with Gasteiger partial charge in [-0.15, -0.1) is 0 Å². The first-order valence-corrected chi connectivity index (χ1v) is 8.89. The minimum Gasteiger partial charge on any atom is -0.360 e. The molecule has 5 heteroatoms. The maximum atomic E-state index is 12.3. The van der Waals surface area contributed by atoms with Crippen molar-refractivity contribution in [1.82, 2.24) is 10.3 Å². The van der Waals surface area contributed by atoms with Crippen molar-refractivity contribution >= 4 is 22.6 Å². The van der Waals surface area contributed by atoms with Crippen molar-refractivity contribution in [3.05, 3.63) is 36.0 Å². The van der Waals surface area contributed by atoms with Crippen LogP contribution < -0.4 is 10.2 Å². The molecule has 0 saturated heterocycles. The van der Waals surface area contributed by atoms with Crippen LogP contribution in [0, 0.1) is 0 Å². The first-order chi connectivity index (χ1) is 11.7. The second-order valence-electron chi connectivity index (χ2n) is 6.19. The Labute approximate surface area is 143 Å². The number of rotatable bonds is 10. The highest BCUT2D eigenvalue weighted by Crippen LogP contribution is 2.17. The molecule has 0 unspecified atom stereocenters. The lowest BCUT2D eigenvalue weighted by molar-refractivity contribution is -0.900. The van der Waals surface area contributed by atoms with Gasteiger partial charge in [-0.25, -0.2) is 0 Å². The number of benzene rings is 1. The van der Waals surface area contributed by atoms with E-state index >= 15 is 0 Å². The molecule has 24 heavy (non-hydrogen) atoms. The number of para-hydroxylation sites is 1. The van der Waals surface area contributed by atoms with Gasteiger partial charge in [-0.2, -0.15) is 0 Å². The van der Waals surface area contributed by atoms with E-state index in [1.165, 1.54) is 12.8 Å². The first kappa shape index (κ1) is 18.2. The summed E-state index contributed by atoms with van der Waals surface area (Å²) in [6, 6.07) is 7.50. The second kappa shape index (κ2) is 9.23. The summed E-state index contributed by atoms with van der Waals surface area (Å²) in [5.74, 6) is -0.994. The summed E-state index contributed by atoms with van der Waals surface area (Å²) in [4.78, 5) is 29.0. The first-order valence-electron chi connectivity index (χ1n) is 8.89. The zero-order chi connectivity index (χ0) is 17.4. The van der Waals surface area contributed by atoms with Gasteiger partial charge in [0.2, 0.25) is 0 Å². The highest BCUT2D eigenvalue weighted by atomic mass is 16.2. The average Bonchev–Trinajstić information content (AvgIpc) is 3.02.